The Labute approximate surface area is 71.0 Å². The summed E-state index contributed by atoms with van der Waals surface area (Å²) >= 11 is 0. The number of amides is 1. The van der Waals surface area contributed by atoms with Crippen LogP contribution in [0.4, 0.5) is 0 Å². The van der Waals surface area contributed by atoms with E-state index in [-0.39, 0.29) is 18.7 Å². The van der Waals surface area contributed by atoms with E-state index in [1.807, 2.05) is 0 Å². The molecule has 1 amide bonds. The minimum Gasteiger partial charge on any atom is -0.481 e. The highest BCUT2D eigenvalue weighted by molar-refractivity contribution is 5.81. The van der Waals surface area contributed by atoms with Crippen molar-refractivity contribution in [2.24, 2.45) is 5.92 Å². The van der Waals surface area contributed by atoms with E-state index in [1.165, 1.54) is 0 Å². The molecular weight excluding hydrogens is 158 g/mol. The van der Waals surface area contributed by atoms with Gasteiger partial charge >= 0.3 is 5.97 Å². The second kappa shape index (κ2) is 3.56. The Hall–Kier alpha value is -1.06. The van der Waals surface area contributed by atoms with Gasteiger partial charge in [-0.25, -0.2) is 0 Å². The number of rotatable bonds is 4. The van der Waals surface area contributed by atoms with Gasteiger partial charge in [-0.2, -0.15) is 0 Å². The molecule has 0 aliphatic heterocycles. The second-order valence-corrected chi connectivity index (χ2v) is 3.28. The van der Waals surface area contributed by atoms with Gasteiger partial charge in [0, 0.05) is 12.5 Å². The molecule has 0 saturated heterocycles. The molecule has 0 bridgehead atoms. The number of carboxylic acid groups (broad SMARTS) is 1. The first-order valence-electron chi connectivity index (χ1n) is 4.10. The van der Waals surface area contributed by atoms with Crippen molar-refractivity contribution in [2.45, 2.75) is 32.2 Å². The van der Waals surface area contributed by atoms with Gasteiger partial charge in [-0.3, -0.25) is 9.59 Å². The van der Waals surface area contributed by atoms with Gasteiger partial charge in [0.25, 0.3) is 0 Å². The molecule has 1 aliphatic rings. The van der Waals surface area contributed by atoms with E-state index >= 15 is 0 Å². The Morgan fingerprint density at radius 1 is 1.50 bits per heavy atom. The number of aliphatic carboxylic acids is 1. The van der Waals surface area contributed by atoms with Crippen LogP contribution >= 0.6 is 0 Å². The normalized spacial score (nSPS) is 26.4. The maximum Gasteiger partial charge on any atom is 0.303 e. The van der Waals surface area contributed by atoms with Gasteiger partial charge in [-0.15, -0.1) is 0 Å². The molecule has 2 unspecified atom stereocenters. The highest BCUT2D eigenvalue weighted by Crippen LogP contribution is 2.28. The van der Waals surface area contributed by atoms with Crippen LogP contribution in [0.15, 0.2) is 0 Å². The van der Waals surface area contributed by atoms with Gasteiger partial charge in [0.2, 0.25) is 5.91 Å². The van der Waals surface area contributed by atoms with Crippen LogP contribution in [-0.2, 0) is 9.59 Å². The SMILES string of the molecule is CC1CC1NC(=O)CCC(=O)O. The van der Waals surface area contributed by atoms with Crippen molar-refractivity contribution in [3.8, 4) is 0 Å². The molecule has 4 nitrogen and oxygen atoms in total. The van der Waals surface area contributed by atoms with E-state index in [0.29, 0.717) is 12.0 Å². The Balaban J connectivity index is 2.08. The summed E-state index contributed by atoms with van der Waals surface area (Å²) in [6, 6.07) is 0.297. The number of carbonyl (C=O) groups excluding carboxylic acids is 1. The fraction of sp³-hybridized carbons (Fsp3) is 0.750. The summed E-state index contributed by atoms with van der Waals surface area (Å²) in [7, 11) is 0. The zero-order chi connectivity index (χ0) is 9.14. The van der Waals surface area contributed by atoms with Crippen molar-refractivity contribution in [3.05, 3.63) is 0 Å². The fourth-order valence-corrected chi connectivity index (χ4v) is 1.02. The topological polar surface area (TPSA) is 66.4 Å². The van der Waals surface area contributed by atoms with Crippen molar-refractivity contribution >= 4 is 11.9 Å². The molecular formula is C8H13NO3. The average molecular weight is 171 g/mol. The molecule has 1 rings (SSSR count). The van der Waals surface area contributed by atoms with Crippen LogP contribution in [0.1, 0.15) is 26.2 Å². The first-order chi connectivity index (χ1) is 5.59. The third kappa shape index (κ3) is 2.90. The van der Waals surface area contributed by atoms with Gasteiger partial charge in [0.05, 0.1) is 6.42 Å². The molecule has 0 radical (unpaired) electrons. The lowest BCUT2D eigenvalue weighted by Gasteiger charge is -2.00. The maximum atomic E-state index is 11.0. The van der Waals surface area contributed by atoms with Crippen LogP contribution in [0.5, 0.6) is 0 Å². The van der Waals surface area contributed by atoms with E-state index < -0.39 is 5.97 Å². The monoisotopic (exact) mass is 171 g/mol. The molecule has 4 heteroatoms. The van der Waals surface area contributed by atoms with Crippen LogP contribution in [0.3, 0.4) is 0 Å². The molecule has 1 aliphatic carbocycles. The molecule has 1 fully saturated rings. The lowest BCUT2D eigenvalue weighted by molar-refractivity contribution is -0.138. The minimum atomic E-state index is -0.922. The standard InChI is InChI=1S/C8H13NO3/c1-5-4-6(5)9-7(10)2-3-8(11)12/h5-6H,2-4H2,1H3,(H,9,10)(H,11,12). The fourth-order valence-electron chi connectivity index (χ4n) is 1.02. The van der Waals surface area contributed by atoms with Gasteiger partial charge < -0.3 is 10.4 Å². The van der Waals surface area contributed by atoms with Crippen molar-refractivity contribution in [1.29, 1.82) is 0 Å². The van der Waals surface area contributed by atoms with Gasteiger partial charge in [0.15, 0.2) is 0 Å². The number of carboxylic acids is 1. The van der Waals surface area contributed by atoms with E-state index in [0.717, 1.165) is 6.42 Å². The lowest BCUT2D eigenvalue weighted by Crippen LogP contribution is -2.26. The molecule has 12 heavy (non-hydrogen) atoms. The summed E-state index contributed by atoms with van der Waals surface area (Å²) < 4.78 is 0. The second-order valence-electron chi connectivity index (χ2n) is 3.28. The average Bonchev–Trinajstić information content (AvgIpc) is 2.62. The summed E-state index contributed by atoms with van der Waals surface area (Å²) in [6.07, 6.45) is 1.05. The zero-order valence-electron chi connectivity index (χ0n) is 7.04. The third-order valence-electron chi connectivity index (χ3n) is 2.02. The first-order valence-corrected chi connectivity index (χ1v) is 4.10. The summed E-state index contributed by atoms with van der Waals surface area (Å²) in [4.78, 5) is 21.1. The predicted octanol–water partition coefficient (Wildman–Crippen LogP) is 0.376. The molecule has 0 aromatic carbocycles. The van der Waals surface area contributed by atoms with Crippen LogP contribution < -0.4 is 5.32 Å². The summed E-state index contributed by atoms with van der Waals surface area (Å²) in [5.41, 5.74) is 0. The highest BCUT2D eigenvalue weighted by atomic mass is 16.4. The molecule has 0 aromatic rings. The predicted molar refractivity (Wildman–Crippen MR) is 42.6 cm³/mol. The molecule has 68 valence electrons. The molecule has 1 saturated carbocycles. The van der Waals surface area contributed by atoms with Gasteiger partial charge in [-0.1, -0.05) is 6.92 Å². The van der Waals surface area contributed by atoms with Crippen molar-refractivity contribution in [3.63, 3.8) is 0 Å². The largest absolute Gasteiger partial charge is 0.481 e. The third-order valence-corrected chi connectivity index (χ3v) is 2.02. The van der Waals surface area contributed by atoms with Crippen LogP contribution in [0.25, 0.3) is 0 Å². The van der Waals surface area contributed by atoms with Gasteiger partial charge in [-0.05, 0) is 12.3 Å². The lowest BCUT2D eigenvalue weighted by atomic mass is 10.3. The van der Waals surface area contributed by atoms with Crippen molar-refractivity contribution in [1.82, 2.24) is 5.32 Å². The molecule has 0 heterocycles. The smallest absolute Gasteiger partial charge is 0.303 e. The minimum absolute atomic E-state index is 0.0765. The van der Waals surface area contributed by atoms with Crippen LogP contribution in [-0.4, -0.2) is 23.0 Å². The van der Waals surface area contributed by atoms with Crippen LogP contribution in [0, 0.1) is 5.92 Å². The van der Waals surface area contributed by atoms with E-state index in [2.05, 4.69) is 12.2 Å². The Morgan fingerprint density at radius 3 is 2.50 bits per heavy atom. The molecule has 0 spiro atoms. The summed E-state index contributed by atoms with van der Waals surface area (Å²) in [5, 5.41) is 11.0. The van der Waals surface area contributed by atoms with E-state index in [1.54, 1.807) is 0 Å². The van der Waals surface area contributed by atoms with Crippen molar-refractivity contribution < 1.29 is 14.7 Å². The summed E-state index contributed by atoms with van der Waals surface area (Å²) in [5.74, 6) is -0.500. The van der Waals surface area contributed by atoms with Gasteiger partial charge in [0.1, 0.15) is 0 Å². The van der Waals surface area contributed by atoms with E-state index in [9.17, 15) is 9.59 Å². The Bertz CT molecular complexity index is 202. The summed E-state index contributed by atoms with van der Waals surface area (Å²) in [6.45, 7) is 2.06. The maximum absolute atomic E-state index is 11.0. The van der Waals surface area contributed by atoms with Crippen molar-refractivity contribution in [2.75, 3.05) is 0 Å². The number of hydrogen-bond acceptors (Lipinski definition) is 2. The quantitative estimate of drug-likeness (QED) is 0.642. The molecule has 0 aromatic heterocycles. The number of hydrogen-bond donors (Lipinski definition) is 2. The number of carbonyl (C=O) groups is 2. The first kappa shape index (κ1) is 9.03. The Kier molecular flexibility index (Phi) is 2.68. The number of nitrogens with one attached hydrogen (secondary N) is 1. The molecule has 2 N–H and O–H groups in total. The Morgan fingerprint density at radius 2 is 2.08 bits per heavy atom. The van der Waals surface area contributed by atoms with E-state index in [4.69, 9.17) is 5.11 Å². The zero-order valence-corrected chi connectivity index (χ0v) is 7.04. The highest BCUT2D eigenvalue weighted by Gasteiger charge is 2.33. The van der Waals surface area contributed by atoms with Crippen LogP contribution in [0.2, 0.25) is 0 Å². The molecule has 2 atom stereocenters.